The Balaban J connectivity index is 1.84. The Morgan fingerprint density at radius 3 is 3.00 bits per heavy atom. The number of nitrogens with one attached hydrogen (secondary N) is 3. The number of H-pyrrole nitrogens is 2. The first-order chi connectivity index (χ1) is 9.76. The predicted molar refractivity (Wildman–Crippen MR) is 83.4 cm³/mol. The van der Waals surface area contributed by atoms with E-state index in [-0.39, 0.29) is 5.69 Å². The second-order valence-corrected chi connectivity index (χ2v) is 5.52. The molecule has 2 heterocycles. The molecule has 104 valence electrons. The smallest absolute Gasteiger partial charge is 0.323 e. The van der Waals surface area contributed by atoms with E-state index in [1.54, 1.807) is 11.3 Å². The number of aromatic amines is 2. The van der Waals surface area contributed by atoms with Crippen molar-refractivity contribution < 1.29 is 0 Å². The molecule has 0 unspecified atom stereocenters. The van der Waals surface area contributed by atoms with Crippen LogP contribution in [-0.2, 0) is 0 Å². The molecule has 3 aromatic rings. The summed E-state index contributed by atoms with van der Waals surface area (Å²) in [5.74, 6) is 0. The van der Waals surface area contributed by atoms with E-state index in [0.29, 0.717) is 0 Å². The van der Waals surface area contributed by atoms with Gasteiger partial charge in [0.1, 0.15) is 0 Å². The van der Waals surface area contributed by atoms with Crippen LogP contribution >= 0.6 is 11.3 Å². The Kier molecular flexibility index (Phi) is 3.56. The summed E-state index contributed by atoms with van der Waals surface area (Å²) in [6, 6.07) is 5.81. The number of fused-ring (bicyclic) bond motifs is 1. The minimum Gasteiger partial charge on any atom is -0.362 e. The molecule has 3 rings (SSSR count). The van der Waals surface area contributed by atoms with Crippen molar-refractivity contribution in [3.8, 4) is 11.3 Å². The van der Waals surface area contributed by atoms with Gasteiger partial charge < -0.3 is 15.3 Å². The third kappa shape index (κ3) is 2.60. The van der Waals surface area contributed by atoms with Crippen molar-refractivity contribution in [1.82, 2.24) is 15.0 Å². The maximum atomic E-state index is 11.3. The summed E-state index contributed by atoms with van der Waals surface area (Å²) in [6.45, 7) is 3.12. The van der Waals surface area contributed by atoms with E-state index in [2.05, 4.69) is 27.2 Å². The Morgan fingerprint density at radius 1 is 1.30 bits per heavy atom. The van der Waals surface area contributed by atoms with Crippen LogP contribution in [0, 0.1) is 0 Å². The zero-order valence-electron chi connectivity index (χ0n) is 11.2. The summed E-state index contributed by atoms with van der Waals surface area (Å²) < 4.78 is 0. The fourth-order valence-electron chi connectivity index (χ4n) is 2.05. The molecular formula is C14H16N4OS. The van der Waals surface area contributed by atoms with E-state index >= 15 is 0 Å². The number of hydrogen-bond donors (Lipinski definition) is 3. The van der Waals surface area contributed by atoms with Crippen molar-refractivity contribution in [3.63, 3.8) is 0 Å². The van der Waals surface area contributed by atoms with Gasteiger partial charge >= 0.3 is 5.69 Å². The van der Waals surface area contributed by atoms with Crippen LogP contribution in [0.4, 0.5) is 5.13 Å². The molecule has 0 aliphatic rings. The van der Waals surface area contributed by atoms with Gasteiger partial charge in [-0.3, -0.25) is 0 Å². The molecule has 0 bridgehead atoms. The fourth-order valence-corrected chi connectivity index (χ4v) is 2.80. The van der Waals surface area contributed by atoms with E-state index in [9.17, 15) is 4.79 Å². The highest BCUT2D eigenvalue weighted by Gasteiger charge is 2.06. The molecule has 6 heteroatoms. The minimum absolute atomic E-state index is 0.183. The summed E-state index contributed by atoms with van der Waals surface area (Å²) in [5, 5.41) is 6.29. The van der Waals surface area contributed by atoms with Gasteiger partial charge in [-0.05, 0) is 18.6 Å². The number of anilines is 1. The van der Waals surface area contributed by atoms with Crippen LogP contribution in [0.15, 0.2) is 28.4 Å². The summed E-state index contributed by atoms with van der Waals surface area (Å²) in [5.41, 5.74) is 3.37. The third-order valence-electron chi connectivity index (χ3n) is 3.12. The van der Waals surface area contributed by atoms with Gasteiger partial charge in [0.05, 0.1) is 16.7 Å². The second-order valence-electron chi connectivity index (χ2n) is 4.66. The molecule has 0 spiro atoms. The maximum absolute atomic E-state index is 11.3. The van der Waals surface area contributed by atoms with Crippen molar-refractivity contribution in [2.24, 2.45) is 0 Å². The van der Waals surface area contributed by atoms with Gasteiger partial charge in [0, 0.05) is 17.5 Å². The predicted octanol–water partition coefficient (Wildman–Crippen LogP) is 3.19. The Hall–Kier alpha value is -2.08. The first kappa shape index (κ1) is 12.9. The first-order valence-corrected chi connectivity index (χ1v) is 7.56. The van der Waals surface area contributed by atoms with E-state index in [1.165, 1.54) is 6.42 Å². The van der Waals surface area contributed by atoms with Gasteiger partial charge in [-0.15, -0.1) is 11.3 Å². The SMILES string of the molecule is CCCCNc1nc(-c2ccc3[nH]c(=O)[nH]c3c2)cs1. The molecule has 3 N–H and O–H groups in total. The van der Waals surface area contributed by atoms with Crippen LogP contribution in [0.2, 0.25) is 0 Å². The highest BCUT2D eigenvalue weighted by molar-refractivity contribution is 7.14. The number of aromatic nitrogens is 3. The number of rotatable bonds is 5. The lowest BCUT2D eigenvalue weighted by molar-refractivity contribution is 0.833. The van der Waals surface area contributed by atoms with Gasteiger partial charge in [-0.2, -0.15) is 0 Å². The van der Waals surface area contributed by atoms with Crippen molar-refractivity contribution >= 4 is 27.5 Å². The van der Waals surface area contributed by atoms with Crippen LogP contribution in [0.25, 0.3) is 22.3 Å². The molecular weight excluding hydrogens is 272 g/mol. The van der Waals surface area contributed by atoms with E-state index in [0.717, 1.165) is 40.4 Å². The summed E-state index contributed by atoms with van der Waals surface area (Å²) in [4.78, 5) is 21.3. The van der Waals surface area contributed by atoms with Gasteiger partial charge in [-0.1, -0.05) is 19.4 Å². The summed E-state index contributed by atoms with van der Waals surface area (Å²) in [6.07, 6.45) is 2.31. The van der Waals surface area contributed by atoms with Crippen molar-refractivity contribution in [2.75, 3.05) is 11.9 Å². The number of imidazole rings is 1. The molecule has 0 radical (unpaired) electrons. The lowest BCUT2D eigenvalue weighted by Gasteiger charge is -2.00. The molecule has 2 aromatic heterocycles. The standard InChI is InChI=1S/C14H16N4OS/c1-2-3-6-15-14-18-12(8-20-14)9-4-5-10-11(7-9)17-13(19)16-10/h4-5,7-8H,2-3,6H2,1H3,(H,15,18)(H2,16,17,19). The van der Waals surface area contributed by atoms with Gasteiger partial charge in [0.25, 0.3) is 0 Å². The van der Waals surface area contributed by atoms with Gasteiger partial charge in [0.15, 0.2) is 5.13 Å². The quantitative estimate of drug-likeness (QED) is 0.631. The van der Waals surface area contributed by atoms with Gasteiger partial charge in [0.2, 0.25) is 0 Å². The maximum Gasteiger partial charge on any atom is 0.323 e. The van der Waals surface area contributed by atoms with Crippen LogP contribution < -0.4 is 11.0 Å². The van der Waals surface area contributed by atoms with E-state index < -0.39 is 0 Å². The number of unbranched alkanes of at least 4 members (excludes halogenated alkanes) is 1. The molecule has 0 fully saturated rings. The normalized spacial score (nSPS) is 11.1. The Morgan fingerprint density at radius 2 is 2.15 bits per heavy atom. The van der Waals surface area contributed by atoms with Crippen LogP contribution in [0.3, 0.4) is 0 Å². The molecule has 0 aliphatic heterocycles. The largest absolute Gasteiger partial charge is 0.362 e. The molecule has 20 heavy (non-hydrogen) atoms. The van der Waals surface area contributed by atoms with Crippen LogP contribution in [0.5, 0.6) is 0 Å². The van der Waals surface area contributed by atoms with Crippen molar-refractivity contribution in [3.05, 3.63) is 34.1 Å². The lowest BCUT2D eigenvalue weighted by Crippen LogP contribution is -1.99. The number of nitrogens with zero attached hydrogens (tertiary/aromatic N) is 1. The van der Waals surface area contributed by atoms with Crippen LogP contribution in [-0.4, -0.2) is 21.5 Å². The molecule has 0 saturated carbocycles. The average molecular weight is 288 g/mol. The fraction of sp³-hybridized carbons (Fsp3) is 0.286. The van der Waals surface area contributed by atoms with E-state index in [4.69, 9.17) is 0 Å². The summed E-state index contributed by atoms with van der Waals surface area (Å²) >= 11 is 1.60. The highest BCUT2D eigenvalue weighted by atomic mass is 32.1. The number of hydrogen-bond acceptors (Lipinski definition) is 4. The second kappa shape index (κ2) is 5.50. The lowest BCUT2D eigenvalue weighted by atomic mass is 10.1. The van der Waals surface area contributed by atoms with Crippen molar-refractivity contribution in [1.29, 1.82) is 0 Å². The summed E-state index contributed by atoms with van der Waals surface area (Å²) in [7, 11) is 0. The highest BCUT2D eigenvalue weighted by Crippen LogP contribution is 2.26. The molecule has 0 amide bonds. The molecule has 0 aliphatic carbocycles. The Labute approximate surface area is 120 Å². The van der Waals surface area contributed by atoms with E-state index in [1.807, 2.05) is 23.6 Å². The first-order valence-electron chi connectivity index (χ1n) is 6.68. The zero-order chi connectivity index (χ0) is 13.9. The Bertz CT molecular complexity index is 771. The zero-order valence-corrected chi connectivity index (χ0v) is 12.0. The third-order valence-corrected chi connectivity index (χ3v) is 3.92. The molecule has 1 aromatic carbocycles. The average Bonchev–Trinajstić information content (AvgIpc) is 3.03. The molecule has 0 atom stereocenters. The molecule has 0 saturated heterocycles. The number of thiazole rings is 1. The van der Waals surface area contributed by atoms with Crippen LogP contribution in [0.1, 0.15) is 19.8 Å². The topological polar surface area (TPSA) is 73.6 Å². The number of benzene rings is 1. The van der Waals surface area contributed by atoms with Gasteiger partial charge in [-0.25, -0.2) is 9.78 Å². The minimum atomic E-state index is -0.183. The monoisotopic (exact) mass is 288 g/mol. The van der Waals surface area contributed by atoms with Crippen molar-refractivity contribution in [2.45, 2.75) is 19.8 Å². The molecule has 5 nitrogen and oxygen atoms in total.